The number of nitrogens with one attached hydrogen (secondary N) is 1. The van der Waals surface area contributed by atoms with Crippen LogP contribution in [0.1, 0.15) is 43.4 Å². The van der Waals surface area contributed by atoms with Crippen LogP contribution in [0.4, 0.5) is 22.9 Å². The number of nitrogens with zero attached hydrogens (tertiary/aromatic N) is 8. The molecule has 11 nitrogen and oxygen atoms in total. The van der Waals surface area contributed by atoms with Crippen LogP contribution in [0, 0.1) is 6.57 Å². The number of hydrogen-bond donors (Lipinski definition) is 1. The number of tetrazole rings is 1. The van der Waals surface area contributed by atoms with Gasteiger partial charge in [-0.1, -0.05) is 18.7 Å². The van der Waals surface area contributed by atoms with Gasteiger partial charge in [0.1, 0.15) is 11.4 Å². The van der Waals surface area contributed by atoms with Gasteiger partial charge in [-0.3, -0.25) is 9.98 Å². The van der Waals surface area contributed by atoms with Gasteiger partial charge in [0.05, 0.1) is 54.5 Å². The molecule has 11 heteroatoms. The first kappa shape index (κ1) is 25.9. The number of aromatic nitrogens is 6. The van der Waals surface area contributed by atoms with E-state index in [-0.39, 0.29) is 0 Å². The van der Waals surface area contributed by atoms with Gasteiger partial charge in [0, 0.05) is 24.8 Å². The normalized spacial score (nSPS) is 12.6. The number of aliphatic imine (C=N–C) groups is 1. The third kappa shape index (κ3) is 5.06. The molecule has 198 valence electrons. The summed E-state index contributed by atoms with van der Waals surface area (Å²) < 4.78 is 11.3. The fourth-order valence-corrected chi connectivity index (χ4v) is 4.56. The van der Waals surface area contributed by atoms with Gasteiger partial charge in [0.25, 0.3) is 5.82 Å². The minimum Gasteiger partial charge on any atom is -0.494 e. The molecule has 1 aliphatic rings. The Morgan fingerprint density at radius 3 is 2.62 bits per heavy atom. The molecule has 5 rings (SSSR count). The summed E-state index contributed by atoms with van der Waals surface area (Å²) in [5.74, 6) is 1.39. The molecule has 1 N–H and O–H groups in total. The van der Waals surface area contributed by atoms with Crippen LogP contribution in [0.5, 0.6) is 5.75 Å². The minimum absolute atomic E-state index is 0.331. The number of ether oxygens (including phenoxy) is 2. The highest BCUT2D eigenvalue weighted by molar-refractivity contribution is 5.95. The quantitative estimate of drug-likeness (QED) is 0.318. The van der Waals surface area contributed by atoms with E-state index in [0.717, 1.165) is 51.0 Å². The van der Waals surface area contributed by atoms with Crippen LogP contribution in [0.25, 0.3) is 16.2 Å². The van der Waals surface area contributed by atoms with E-state index < -0.39 is 5.60 Å². The highest BCUT2D eigenvalue weighted by Gasteiger charge is 2.26. The van der Waals surface area contributed by atoms with E-state index >= 15 is 0 Å². The average molecular weight is 524 g/mol. The van der Waals surface area contributed by atoms with Crippen LogP contribution in [0.2, 0.25) is 0 Å². The molecule has 0 unspecified atom stereocenters. The highest BCUT2D eigenvalue weighted by atomic mass is 16.5. The highest BCUT2D eigenvalue weighted by Crippen LogP contribution is 2.41. The summed E-state index contributed by atoms with van der Waals surface area (Å²) >= 11 is 0. The monoisotopic (exact) mass is 523 g/mol. The van der Waals surface area contributed by atoms with Crippen LogP contribution >= 0.6 is 0 Å². The maximum absolute atomic E-state index is 7.66. The summed E-state index contributed by atoms with van der Waals surface area (Å²) in [7, 11) is 4.96. The fourth-order valence-electron chi connectivity index (χ4n) is 4.56. The number of methoxy groups -OCH3 is 2. The van der Waals surface area contributed by atoms with Crippen molar-refractivity contribution in [3.05, 3.63) is 70.5 Å². The molecular weight excluding hydrogens is 494 g/mol. The molecule has 0 saturated carbocycles. The molecule has 0 aliphatic carbocycles. The first-order valence-corrected chi connectivity index (χ1v) is 12.4. The number of pyridine rings is 2. The second kappa shape index (κ2) is 10.2. The van der Waals surface area contributed by atoms with Gasteiger partial charge in [-0.2, -0.15) is 4.80 Å². The Labute approximate surface area is 226 Å². The van der Waals surface area contributed by atoms with Gasteiger partial charge in [-0.05, 0) is 50.3 Å². The lowest BCUT2D eigenvalue weighted by atomic mass is 9.98. The zero-order valence-electron chi connectivity index (χ0n) is 22.8. The van der Waals surface area contributed by atoms with Crippen LogP contribution in [0.3, 0.4) is 0 Å². The van der Waals surface area contributed by atoms with Crippen molar-refractivity contribution in [3.63, 3.8) is 0 Å². The van der Waals surface area contributed by atoms with Crippen LogP contribution in [-0.4, -0.2) is 50.1 Å². The van der Waals surface area contributed by atoms with Crippen LogP contribution in [-0.2, 0) is 30.2 Å². The molecule has 0 fully saturated rings. The average Bonchev–Trinajstić information content (AvgIpc) is 3.53. The van der Waals surface area contributed by atoms with E-state index in [1.54, 1.807) is 21.3 Å². The van der Waals surface area contributed by atoms with Crippen molar-refractivity contribution in [2.24, 2.45) is 12.0 Å². The van der Waals surface area contributed by atoms with E-state index in [0.29, 0.717) is 30.2 Å². The number of benzene rings is 1. The number of para-hydroxylation sites is 1. The topological polar surface area (TPSA) is 117 Å². The molecule has 1 aliphatic heterocycles. The number of aryl methyl sites for hydroxylation is 1. The third-order valence-electron chi connectivity index (χ3n) is 6.64. The predicted octanol–water partition coefficient (Wildman–Crippen LogP) is 5.09. The number of hydrogen-bond acceptors (Lipinski definition) is 9. The molecule has 4 heterocycles. The Morgan fingerprint density at radius 1 is 1.10 bits per heavy atom. The number of fused-ring (bicyclic) bond motifs is 1. The summed E-state index contributed by atoms with van der Waals surface area (Å²) in [5.41, 5.74) is 6.64. The summed E-state index contributed by atoms with van der Waals surface area (Å²) in [5, 5.41) is 15.9. The Kier molecular flexibility index (Phi) is 6.80. The van der Waals surface area contributed by atoms with Crippen molar-refractivity contribution in [3.8, 4) is 17.1 Å². The van der Waals surface area contributed by atoms with Gasteiger partial charge in [0.2, 0.25) is 5.82 Å². The summed E-state index contributed by atoms with van der Waals surface area (Å²) in [6, 6.07) is 11.5. The van der Waals surface area contributed by atoms with Crippen molar-refractivity contribution < 1.29 is 9.47 Å². The van der Waals surface area contributed by atoms with Gasteiger partial charge in [-0.25, -0.2) is 0 Å². The number of rotatable bonds is 8. The first-order chi connectivity index (χ1) is 18.7. The van der Waals surface area contributed by atoms with Gasteiger partial charge >= 0.3 is 0 Å². The van der Waals surface area contributed by atoms with E-state index in [1.807, 2.05) is 57.2 Å². The fraction of sp³-hybridized carbons (Fsp3) is 0.321. The molecule has 0 bridgehead atoms. The molecule has 1 aromatic carbocycles. The Balaban J connectivity index is 1.52. The van der Waals surface area contributed by atoms with E-state index in [4.69, 9.17) is 26.0 Å². The van der Waals surface area contributed by atoms with Crippen LogP contribution < -0.4 is 10.1 Å². The summed E-state index contributed by atoms with van der Waals surface area (Å²) in [4.78, 5) is 19.3. The Hall–Kier alpha value is -4.69. The summed E-state index contributed by atoms with van der Waals surface area (Å²) in [6.07, 6.45) is 1.12. The standard InChI is InChI=1S/C28H29N9O2/c1-16-13-22-24(30-16)23(33-21-10-8-9-19(25(21)38-6)26-34-36-37(5)35-26)15-18(31-22)14-17-11-12-20(27(29-4)32-17)28(2,3)39-7/h8-12,15H,13-14H2,1-3,5-7H3,(H,31,33). The van der Waals surface area contributed by atoms with Gasteiger partial charge in [0.15, 0.2) is 5.75 Å². The molecule has 0 spiro atoms. The lowest BCUT2D eigenvalue weighted by Gasteiger charge is -2.24. The minimum atomic E-state index is -0.613. The molecule has 3 aromatic heterocycles. The van der Waals surface area contributed by atoms with Crippen molar-refractivity contribution in [2.45, 2.75) is 39.2 Å². The predicted molar refractivity (Wildman–Crippen MR) is 148 cm³/mol. The first-order valence-electron chi connectivity index (χ1n) is 12.4. The smallest absolute Gasteiger partial charge is 0.275 e. The van der Waals surface area contributed by atoms with E-state index in [1.165, 1.54) is 4.80 Å². The largest absolute Gasteiger partial charge is 0.494 e. The maximum Gasteiger partial charge on any atom is 0.275 e. The lowest BCUT2D eigenvalue weighted by Crippen LogP contribution is -2.20. The molecule has 0 radical (unpaired) electrons. The van der Waals surface area contributed by atoms with Crippen molar-refractivity contribution >= 4 is 28.6 Å². The second-order valence-electron chi connectivity index (χ2n) is 9.77. The zero-order chi connectivity index (χ0) is 27.7. The summed E-state index contributed by atoms with van der Waals surface area (Å²) in [6.45, 7) is 13.5. The third-order valence-corrected chi connectivity index (χ3v) is 6.64. The van der Waals surface area contributed by atoms with Crippen LogP contribution in [0.15, 0.2) is 41.4 Å². The van der Waals surface area contributed by atoms with Crippen molar-refractivity contribution in [1.29, 1.82) is 0 Å². The van der Waals surface area contributed by atoms with Gasteiger partial charge in [-0.15, -0.1) is 15.2 Å². The van der Waals surface area contributed by atoms with Crippen molar-refractivity contribution in [1.82, 2.24) is 30.2 Å². The molecule has 0 amide bonds. The van der Waals surface area contributed by atoms with E-state index in [2.05, 4.69) is 30.6 Å². The maximum atomic E-state index is 7.66. The molecule has 4 aromatic rings. The second-order valence-corrected chi connectivity index (χ2v) is 9.77. The SMILES string of the molecule is [C-]#[N+]c1nc(Cc2cc(Nc3cccc(-c4nnn(C)n4)c3OC)c3c(n2)CC(C)=N3)ccc1C(C)(C)OC. The Bertz CT molecular complexity index is 1630. The molecule has 0 saturated heterocycles. The Morgan fingerprint density at radius 2 is 1.92 bits per heavy atom. The molecule has 0 atom stereocenters. The lowest BCUT2D eigenvalue weighted by molar-refractivity contribution is 0.0197. The molecular formula is C28H29N9O2. The van der Waals surface area contributed by atoms with E-state index in [9.17, 15) is 0 Å². The van der Waals surface area contributed by atoms with Gasteiger partial charge < -0.3 is 19.6 Å². The molecule has 39 heavy (non-hydrogen) atoms. The number of anilines is 2. The van der Waals surface area contributed by atoms with Crippen molar-refractivity contribution in [2.75, 3.05) is 19.5 Å². The zero-order valence-corrected chi connectivity index (χ0v) is 22.8.